The molecule has 0 aliphatic carbocycles. The molecule has 0 saturated heterocycles. The normalized spacial score (nSPS) is 10.6. The molecule has 166 valence electrons. The molecule has 3 aromatic rings. The zero-order chi connectivity index (χ0) is 22.8. The first-order valence-corrected chi connectivity index (χ1v) is 11.4. The summed E-state index contributed by atoms with van der Waals surface area (Å²) in [5.41, 5.74) is 7.54. The smallest absolute Gasteiger partial charge is 0.243 e. The van der Waals surface area contributed by atoms with Crippen molar-refractivity contribution in [2.75, 3.05) is 13.2 Å². The molecule has 0 atom stereocenters. The molecule has 0 saturated carbocycles. The number of ether oxygens (including phenoxy) is 1. The van der Waals surface area contributed by atoms with Crippen molar-refractivity contribution in [2.24, 2.45) is 0 Å². The van der Waals surface area contributed by atoms with Crippen molar-refractivity contribution in [1.82, 2.24) is 5.32 Å². The Morgan fingerprint density at radius 2 is 1.62 bits per heavy atom. The topological polar surface area (TPSA) is 38.3 Å². The molecule has 1 N–H and O–H groups in total. The van der Waals surface area contributed by atoms with E-state index in [0.717, 1.165) is 17.7 Å². The summed E-state index contributed by atoms with van der Waals surface area (Å²) < 4.78 is 5.69. The van der Waals surface area contributed by atoms with Gasteiger partial charge in [-0.3, -0.25) is 4.79 Å². The van der Waals surface area contributed by atoms with Gasteiger partial charge in [0.1, 0.15) is 12.4 Å². The number of carbonyl (C=O) groups is 1. The number of nitrogens with one attached hydrogen (secondary N) is 1. The van der Waals surface area contributed by atoms with Gasteiger partial charge in [0, 0.05) is 0 Å². The van der Waals surface area contributed by atoms with E-state index >= 15 is 0 Å². The summed E-state index contributed by atoms with van der Waals surface area (Å²) in [6, 6.07) is 23.7. The first kappa shape index (κ1) is 23.3. The maximum absolute atomic E-state index is 11.1. The Hall–Kier alpha value is -3.33. The number of unbranched alkanes of at least 4 members (excludes halogenated alkanes) is 2. The minimum Gasteiger partial charge on any atom is -0.492 e. The summed E-state index contributed by atoms with van der Waals surface area (Å²) in [5, 5.41) is 2.70. The van der Waals surface area contributed by atoms with Crippen LogP contribution >= 0.6 is 0 Å². The molecular formula is C29H33NO2. The van der Waals surface area contributed by atoms with E-state index in [1.54, 1.807) is 0 Å². The second-order valence-corrected chi connectivity index (χ2v) is 8.05. The van der Waals surface area contributed by atoms with Crippen LogP contribution in [0.1, 0.15) is 37.3 Å². The second kappa shape index (κ2) is 11.9. The van der Waals surface area contributed by atoms with Crippen LogP contribution in [-0.4, -0.2) is 19.1 Å². The van der Waals surface area contributed by atoms with Gasteiger partial charge in [0.25, 0.3) is 0 Å². The van der Waals surface area contributed by atoms with Crippen molar-refractivity contribution in [2.45, 2.75) is 39.5 Å². The van der Waals surface area contributed by atoms with E-state index in [9.17, 15) is 4.79 Å². The average molecular weight is 428 g/mol. The van der Waals surface area contributed by atoms with Crippen LogP contribution in [0.25, 0.3) is 22.3 Å². The van der Waals surface area contributed by atoms with Crippen molar-refractivity contribution in [3.63, 3.8) is 0 Å². The summed E-state index contributed by atoms with van der Waals surface area (Å²) in [6.45, 7) is 8.70. The maximum atomic E-state index is 11.1. The Bertz CT molecular complexity index is 1020. The van der Waals surface area contributed by atoms with Crippen LogP contribution in [0.5, 0.6) is 5.75 Å². The molecule has 0 heterocycles. The molecule has 0 radical (unpaired) electrons. The van der Waals surface area contributed by atoms with Crippen molar-refractivity contribution >= 4 is 5.91 Å². The van der Waals surface area contributed by atoms with Gasteiger partial charge in [-0.05, 0) is 71.4 Å². The van der Waals surface area contributed by atoms with E-state index in [1.165, 1.54) is 53.2 Å². The summed E-state index contributed by atoms with van der Waals surface area (Å²) in [6.07, 6.45) is 6.24. The lowest BCUT2D eigenvalue weighted by Gasteiger charge is -2.11. The highest BCUT2D eigenvalue weighted by molar-refractivity contribution is 5.86. The van der Waals surface area contributed by atoms with E-state index in [-0.39, 0.29) is 5.91 Å². The Kier molecular flexibility index (Phi) is 8.68. The molecule has 32 heavy (non-hydrogen) atoms. The van der Waals surface area contributed by atoms with Gasteiger partial charge in [-0.1, -0.05) is 80.9 Å². The summed E-state index contributed by atoms with van der Waals surface area (Å²) in [7, 11) is 0. The highest BCUT2D eigenvalue weighted by atomic mass is 16.5. The number of aryl methyl sites for hydroxylation is 2. The first-order chi connectivity index (χ1) is 15.6. The number of hydrogen-bond donors (Lipinski definition) is 1. The molecule has 0 bridgehead atoms. The molecule has 0 unspecified atom stereocenters. The minimum atomic E-state index is -0.189. The van der Waals surface area contributed by atoms with Crippen LogP contribution in [0.3, 0.4) is 0 Å². The van der Waals surface area contributed by atoms with E-state index in [4.69, 9.17) is 4.74 Å². The Morgan fingerprint density at radius 3 is 2.28 bits per heavy atom. The molecule has 0 aliphatic heterocycles. The van der Waals surface area contributed by atoms with Gasteiger partial charge in [-0.25, -0.2) is 0 Å². The summed E-state index contributed by atoms with van der Waals surface area (Å²) in [4.78, 5) is 11.1. The fourth-order valence-electron chi connectivity index (χ4n) is 3.76. The summed E-state index contributed by atoms with van der Waals surface area (Å²) >= 11 is 0. The SMILES string of the molecule is C=CC(=O)NCCOc1ccc(-c2ccc(-c3ccc(CCCCC)cc3)cc2C)cc1. The van der Waals surface area contributed by atoms with Crippen molar-refractivity contribution in [3.8, 4) is 28.0 Å². The lowest BCUT2D eigenvalue weighted by Crippen LogP contribution is -2.26. The van der Waals surface area contributed by atoms with Gasteiger partial charge >= 0.3 is 0 Å². The van der Waals surface area contributed by atoms with Crippen LogP contribution in [0.15, 0.2) is 79.4 Å². The Labute approximate surface area is 192 Å². The molecule has 3 heteroatoms. The van der Waals surface area contributed by atoms with Gasteiger partial charge < -0.3 is 10.1 Å². The minimum absolute atomic E-state index is 0.189. The average Bonchev–Trinajstić information content (AvgIpc) is 2.83. The van der Waals surface area contributed by atoms with Crippen molar-refractivity contribution in [1.29, 1.82) is 0 Å². The third-order valence-corrected chi connectivity index (χ3v) is 5.60. The van der Waals surface area contributed by atoms with Gasteiger partial charge in [0.2, 0.25) is 5.91 Å². The van der Waals surface area contributed by atoms with E-state index < -0.39 is 0 Å². The standard InChI is InChI=1S/C29H33NO2/c1-4-6-7-8-23-9-11-24(12-10-23)26-15-18-28(22(3)21-26)25-13-16-27(17-14-25)32-20-19-30-29(31)5-2/h5,9-18,21H,2,4,6-8,19-20H2,1,3H3,(H,30,31). The molecule has 3 aromatic carbocycles. The highest BCUT2D eigenvalue weighted by Crippen LogP contribution is 2.30. The molecule has 0 spiro atoms. The number of amides is 1. The molecule has 3 nitrogen and oxygen atoms in total. The third-order valence-electron chi connectivity index (χ3n) is 5.60. The van der Waals surface area contributed by atoms with E-state index in [1.807, 2.05) is 12.1 Å². The Morgan fingerprint density at radius 1 is 0.938 bits per heavy atom. The predicted molar refractivity (Wildman–Crippen MR) is 134 cm³/mol. The molecule has 0 aromatic heterocycles. The van der Waals surface area contributed by atoms with Crippen LogP contribution in [-0.2, 0) is 11.2 Å². The van der Waals surface area contributed by atoms with Crippen LogP contribution in [0.4, 0.5) is 0 Å². The fourth-order valence-corrected chi connectivity index (χ4v) is 3.76. The summed E-state index contributed by atoms with van der Waals surface area (Å²) in [5.74, 6) is 0.598. The van der Waals surface area contributed by atoms with Crippen LogP contribution in [0.2, 0.25) is 0 Å². The molecule has 0 fully saturated rings. The maximum Gasteiger partial charge on any atom is 0.243 e. The van der Waals surface area contributed by atoms with Crippen molar-refractivity contribution < 1.29 is 9.53 Å². The number of rotatable bonds is 11. The largest absolute Gasteiger partial charge is 0.492 e. The molecule has 0 aliphatic rings. The zero-order valence-electron chi connectivity index (χ0n) is 19.2. The van der Waals surface area contributed by atoms with Gasteiger partial charge in [-0.2, -0.15) is 0 Å². The lowest BCUT2D eigenvalue weighted by atomic mass is 9.95. The van der Waals surface area contributed by atoms with Gasteiger partial charge in [-0.15, -0.1) is 0 Å². The van der Waals surface area contributed by atoms with Crippen molar-refractivity contribution in [3.05, 3.63) is 90.5 Å². The van der Waals surface area contributed by atoms with Crippen LogP contribution < -0.4 is 10.1 Å². The fraction of sp³-hybridized carbons (Fsp3) is 0.276. The third kappa shape index (κ3) is 6.58. The van der Waals surface area contributed by atoms with E-state index in [0.29, 0.717) is 13.2 Å². The quantitative estimate of drug-likeness (QED) is 0.272. The second-order valence-electron chi connectivity index (χ2n) is 8.05. The zero-order valence-corrected chi connectivity index (χ0v) is 19.2. The van der Waals surface area contributed by atoms with Gasteiger partial charge in [0.05, 0.1) is 6.54 Å². The number of benzene rings is 3. The first-order valence-electron chi connectivity index (χ1n) is 11.4. The van der Waals surface area contributed by atoms with E-state index in [2.05, 4.69) is 80.3 Å². The molecule has 3 rings (SSSR count). The Balaban J connectivity index is 1.62. The molecule has 1 amide bonds. The number of carbonyl (C=O) groups excluding carboxylic acids is 1. The lowest BCUT2D eigenvalue weighted by molar-refractivity contribution is -0.116. The predicted octanol–water partition coefficient (Wildman–Crippen LogP) is 6.74. The highest BCUT2D eigenvalue weighted by Gasteiger charge is 2.06. The van der Waals surface area contributed by atoms with Crippen LogP contribution in [0, 0.1) is 6.92 Å². The van der Waals surface area contributed by atoms with Gasteiger partial charge in [0.15, 0.2) is 0 Å². The monoisotopic (exact) mass is 427 g/mol. The number of hydrogen-bond acceptors (Lipinski definition) is 2. The molecular weight excluding hydrogens is 394 g/mol.